The molecule has 0 amide bonds. The van der Waals surface area contributed by atoms with Crippen molar-refractivity contribution in [2.45, 2.75) is 53.0 Å². The fourth-order valence-corrected chi connectivity index (χ4v) is 3.06. The Labute approximate surface area is 106 Å². The van der Waals surface area contributed by atoms with Gasteiger partial charge in [-0.2, -0.15) is 0 Å². The van der Waals surface area contributed by atoms with E-state index in [0.29, 0.717) is 11.5 Å². The zero-order valence-corrected chi connectivity index (χ0v) is 11.7. The monoisotopic (exact) mass is 231 g/mol. The number of fused-ring (bicyclic) bond motifs is 1. The quantitative estimate of drug-likeness (QED) is 0.751. The maximum Gasteiger partial charge on any atom is 0.0401 e. The van der Waals surface area contributed by atoms with Crippen molar-refractivity contribution in [3.8, 4) is 0 Å². The molecule has 17 heavy (non-hydrogen) atoms. The van der Waals surface area contributed by atoms with Crippen LogP contribution in [-0.4, -0.2) is 12.6 Å². The summed E-state index contributed by atoms with van der Waals surface area (Å²) < 4.78 is 0. The van der Waals surface area contributed by atoms with E-state index in [-0.39, 0.29) is 0 Å². The number of anilines is 1. The van der Waals surface area contributed by atoms with Crippen LogP contribution in [0.25, 0.3) is 0 Å². The molecule has 2 rings (SSSR count). The third-order valence-electron chi connectivity index (χ3n) is 4.52. The van der Waals surface area contributed by atoms with Crippen molar-refractivity contribution in [3.63, 3.8) is 0 Å². The second-order valence-electron chi connectivity index (χ2n) is 5.81. The third kappa shape index (κ3) is 2.20. The normalized spacial score (nSPS) is 20.2. The topological polar surface area (TPSA) is 3.24 Å². The predicted octanol–water partition coefficient (Wildman–Crippen LogP) is 4.26. The Hall–Kier alpha value is -0.980. The maximum absolute atomic E-state index is 2.61. The van der Waals surface area contributed by atoms with Gasteiger partial charge >= 0.3 is 0 Å². The molecule has 1 aliphatic rings. The maximum atomic E-state index is 2.61. The van der Waals surface area contributed by atoms with Gasteiger partial charge in [-0.1, -0.05) is 39.0 Å². The molecule has 0 aliphatic carbocycles. The second-order valence-corrected chi connectivity index (χ2v) is 5.81. The molecular weight excluding hydrogens is 206 g/mol. The summed E-state index contributed by atoms with van der Waals surface area (Å²) in [7, 11) is 0. The molecule has 1 heteroatoms. The molecule has 94 valence electrons. The van der Waals surface area contributed by atoms with E-state index in [4.69, 9.17) is 0 Å². The minimum Gasteiger partial charge on any atom is -0.368 e. The zero-order chi connectivity index (χ0) is 12.5. The van der Waals surface area contributed by atoms with E-state index in [1.807, 2.05) is 0 Å². The highest BCUT2D eigenvalue weighted by atomic mass is 15.2. The Morgan fingerprint density at radius 2 is 1.94 bits per heavy atom. The number of aryl methyl sites for hydroxylation is 1. The van der Waals surface area contributed by atoms with Gasteiger partial charge in [-0.3, -0.25) is 0 Å². The van der Waals surface area contributed by atoms with Gasteiger partial charge < -0.3 is 4.90 Å². The molecule has 0 bridgehead atoms. The van der Waals surface area contributed by atoms with Crippen LogP contribution in [0.15, 0.2) is 24.3 Å². The highest BCUT2D eigenvalue weighted by molar-refractivity contribution is 5.56. The molecule has 0 radical (unpaired) electrons. The number of para-hydroxylation sites is 1. The molecule has 0 saturated heterocycles. The van der Waals surface area contributed by atoms with E-state index in [1.165, 1.54) is 30.5 Å². The van der Waals surface area contributed by atoms with Crippen LogP contribution in [0.3, 0.4) is 0 Å². The van der Waals surface area contributed by atoms with Gasteiger partial charge in [-0.05, 0) is 43.2 Å². The first-order valence-corrected chi connectivity index (χ1v) is 6.94. The average molecular weight is 231 g/mol. The molecule has 0 N–H and O–H groups in total. The van der Waals surface area contributed by atoms with Gasteiger partial charge in [0.05, 0.1) is 0 Å². The third-order valence-corrected chi connectivity index (χ3v) is 4.52. The number of nitrogens with zero attached hydrogens (tertiary/aromatic N) is 1. The Kier molecular flexibility index (Phi) is 3.46. The number of hydrogen-bond donors (Lipinski definition) is 0. The van der Waals surface area contributed by atoms with E-state index in [1.54, 1.807) is 0 Å². The molecule has 1 aromatic carbocycles. The number of hydrogen-bond acceptors (Lipinski definition) is 1. The van der Waals surface area contributed by atoms with Gasteiger partial charge in [0.25, 0.3) is 0 Å². The van der Waals surface area contributed by atoms with Crippen LogP contribution in [0.5, 0.6) is 0 Å². The fourth-order valence-electron chi connectivity index (χ4n) is 3.06. The van der Waals surface area contributed by atoms with E-state index >= 15 is 0 Å². The van der Waals surface area contributed by atoms with Gasteiger partial charge in [0.15, 0.2) is 0 Å². The van der Waals surface area contributed by atoms with Crippen LogP contribution < -0.4 is 4.90 Å². The van der Waals surface area contributed by atoms with Crippen LogP contribution >= 0.6 is 0 Å². The zero-order valence-electron chi connectivity index (χ0n) is 11.7. The lowest BCUT2D eigenvalue weighted by Gasteiger charge is -2.46. The smallest absolute Gasteiger partial charge is 0.0401 e. The summed E-state index contributed by atoms with van der Waals surface area (Å²) in [6.45, 7) is 10.5. The van der Waals surface area contributed by atoms with E-state index in [2.05, 4.69) is 56.9 Å². The highest BCUT2D eigenvalue weighted by Crippen LogP contribution is 2.39. The molecule has 0 aromatic heterocycles. The Morgan fingerprint density at radius 1 is 1.24 bits per heavy atom. The van der Waals surface area contributed by atoms with Crippen molar-refractivity contribution in [3.05, 3.63) is 29.8 Å². The summed E-state index contributed by atoms with van der Waals surface area (Å²) in [5, 5.41) is 0. The van der Waals surface area contributed by atoms with Crippen molar-refractivity contribution >= 4 is 5.69 Å². The number of rotatable bonds is 3. The van der Waals surface area contributed by atoms with Gasteiger partial charge in [-0.15, -0.1) is 0 Å². The lowest BCUT2D eigenvalue weighted by atomic mass is 9.76. The largest absolute Gasteiger partial charge is 0.368 e. The first-order valence-electron chi connectivity index (χ1n) is 6.94. The average Bonchev–Trinajstić information content (AvgIpc) is 2.37. The van der Waals surface area contributed by atoms with Crippen molar-refractivity contribution < 1.29 is 0 Å². The first kappa shape index (κ1) is 12.5. The van der Waals surface area contributed by atoms with Gasteiger partial charge in [0.2, 0.25) is 0 Å². The molecule has 1 atom stereocenters. The first-order chi connectivity index (χ1) is 8.10. The van der Waals surface area contributed by atoms with Crippen LogP contribution in [0.1, 0.15) is 46.1 Å². The SMILES string of the molecule is CCN1c2ccccc2CCC1C(C)(C)CC. The molecule has 1 unspecified atom stereocenters. The summed E-state index contributed by atoms with van der Waals surface area (Å²) in [5.41, 5.74) is 3.40. The molecule has 0 spiro atoms. The summed E-state index contributed by atoms with van der Waals surface area (Å²) in [5.74, 6) is 0. The lowest BCUT2D eigenvalue weighted by molar-refractivity contribution is 0.244. The van der Waals surface area contributed by atoms with Gasteiger partial charge in [0, 0.05) is 18.3 Å². The van der Waals surface area contributed by atoms with E-state index < -0.39 is 0 Å². The molecule has 1 aromatic rings. The highest BCUT2D eigenvalue weighted by Gasteiger charge is 2.35. The Balaban J connectivity index is 2.36. The molecule has 1 heterocycles. The van der Waals surface area contributed by atoms with Crippen molar-refractivity contribution in [2.75, 3.05) is 11.4 Å². The second kappa shape index (κ2) is 4.72. The van der Waals surface area contributed by atoms with Crippen molar-refractivity contribution in [2.24, 2.45) is 5.41 Å². The minimum atomic E-state index is 0.406. The van der Waals surface area contributed by atoms with Crippen LogP contribution in [0, 0.1) is 5.41 Å². The molecule has 1 nitrogen and oxygen atoms in total. The Morgan fingerprint density at radius 3 is 2.59 bits per heavy atom. The number of benzene rings is 1. The summed E-state index contributed by atoms with van der Waals surface area (Å²) >= 11 is 0. The standard InChI is InChI=1S/C16H25N/c1-5-16(3,4)15-12-11-13-9-7-8-10-14(13)17(15)6-2/h7-10,15H,5-6,11-12H2,1-4H3. The van der Waals surface area contributed by atoms with Crippen LogP contribution in [0.4, 0.5) is 5.69 Å². The Bertz CT molecular complexity index is 381. The minimum absolute atomic E-state index is 0.406. The molecule has 0 saturated carbocycles. The molecule has 0 fully saturated rings. The van der Waals surface area contributed by atoms with Crippen molar-refractivity contribution in [1.29, 1.82) is 0 Å². The molecular formula is C16H25N. The van der Waals surface area contributed by atoms with Crippen molar-refractivity contribution in [1.82, 2.24) is 0 Å². The van der Waals surface area contributed by atoms with Crippen LogP contribution in [0.2, 0.25) is 0 Å². The van der Waals surface area contributed by atoms with Gasteiger partial charge in [0.1, 0.15) is 0 Å². The van der Waals surface area contributed by atoms with Crippen LogP contribution in [-0.2, 0) is 6.42 Å². The summed E-state index contributed by atoms with van der Waals surface area (Å²) in [6, 6.07) is 9.59. The van der Waals surface area contributed by atoms with E-state index in [0.717, 1.165) is 6.54 Å². The summed E-state index contributed by atoms with van der Waals surface area (Å²) in [4.78, 5) is 2.61. The molecule has 1 aliphatic heterocycles. The lowest BCUT2D eigenvalue weighted by Crippen LogP contribution is -2.48. The summed E-state index contributed by atoms with van der Waals surface area (Å²) in [6.07, 6.45) is 3.78. The predicted molar refractivity (Wildman–Crippen MR) is 75.6 cm³/mol. The fraction of sp³-hybridized carbons (Fsp3) is 0.625. The van der Waals surface area contributed by atoms with Gasteiger partial charge in [-0.25, -0.2) is 0 Å². The van der Waals surface area contributed by atoms with E-state index in [9.17, 15) is 0 Å².